The van der Waals surface area contributed by atoms with Gasteiger partial charge in [-0.2, -0.15) is 0 Å². The summed E-state index contributed by atoms with van der Waals surface area (Å²) in [6.45, 7) is 4.67. The van der Waals surface area contributed by atoms with E-state index in [1.54, 1.807) is 0 Å². The van der Waals surface area contributed by atoms with Crippen molar-refractivity contribution in [2.45, 2.75) is 58.5 Å². The van der Waals surface area contributed by atoms with E-state index in [2.05, 4.69) is 30.3 Å². The zero-order valence-corrected chi connectivity index (χ0v) is 15.3. The minimum atomic E-state index is 0.461. The molecule has 0 saturated heterocycles. The Morgan fingerprint density at radius 3 is 2.52 bits per heavy atom. The summed E-state index contributed by atoms with van der Waals surface area (Å²) in [5.74, 6) is 0.658. The van der Waals surface area contributed by atoms with Gasteiger partial charge in [0.2, 0.25) is 0 Å². The third-order valence-electron chi connectivity index (χ3n) is 5.05. The lowest BCUT2D eigenvalue weighted by Gasteiger charge is -2.24. The largest absolute Gasteiger partial charge is 0.399 e. The zero-order chi connectivity index (χ0) is 17.6. The summed E-state index contributed by atoms with van der Waals surface area (Å²) in [4.78, 5) is 5.60. The van der Waals surface area contributed by atoms with E-state index in [-0.39, 0.29) is 0 Å². The van der Waals surface area contributed by atoms with E-state index >= 15 is 0 Å². The van der Waals surface area contributed by atoms with Gasteiger partial charge in [-0.1, -0.05) is 60.3 Å². The third-order valence-corrected chi connectivity index (χ3v) is 5.05. The van der Waals surface area contributed by atoms with E-state index in [1.165, 1.54) is 48.8 Å². The van der Waals surface area contributed by atoms with Gasteiger partial charge in [0, 0.05) is 11.3 Å². The van der Waals surface area contributed by atoms with Crippen molar-refractivity contribution in [3.05, 3.63) is 64.7 Å². The maximum absolute atomic E-state index is 5.71. The lowest BCUT2D eigenvalue weighted by Crippen LogP contribution is -2.10. The summed E-state index contributed by atoms with van der Waals surface area (Å²) in [5.41, 5.74) is 12.5. The van der Waals surface area contributed by atoms with E-state index in [4.69, 9.17) is 10.6 Å². The first kappa shape index (κ1) is 17.5. The van der Waals surface area contributed by atoms with Gasteiger partial charge < -0.3 is 10.6 Å². The molecule has 0 aliphatic heterocycles. The summed E-state index contributed by atoms with van der Waals surface area (Å²) in [6.07, 6.45) is 6.62. The molecule has 1 saturated carbocycles. The van der Waals surface area contributed by atoms with Crippen LogP contribution >= 0.6 is 0 Å². The average molecular weight is 336 g/mol. The molecule has 0 radical (unpaired) electrons. The summed E-state index contributed by atoms with van der Waals surface area (Å²) < 4.78 is 0. The van der Waals surface area contributed by atoms with Crippen LogP contribution in [0.2, 0.25) is 0 Å². The molecule has 0 bridgehead atoms. The minimum absolute atomic E-state index is 0.461. The van der Waals surface area contributed by atoms with Gasteiger partial charge in [0.25, 0.3) is 0 Å². The fraction of sp³-hybridized carbons (Fsp3) is 0.409. The maximum Gasteiger partial charge on any atom is 0.142 e. The Morgan fingerprint density at radius 1 is 1.08 bits per heavy atom. The summed E-state index contributed by atoms with van der Waals surface area (Å²) in [6, 6.07) is 14.4. The van der Waals surface area contributed by atoms with Gasteiger partial charge >= 0.3 is 0 Å². The van der Waals surface area contributed by atoms with Crippen LogP contribution in [0.4, 0.5) is 5.69 Å². The molecule has 1 fully saturated rings. The highest BCUT2D eigenvalue weighted by molar-refractivity contribution is 5.99. The summed E-state index contributed by atoms with van der Waals surface area (Å²) in [7, 11) is 0. The average Bonchev–Trinajstić information content (AvgIpc) is 2.64. The Balaban J connectivity index is 1.74. The predicted octanol–water partition coefficient (Wildman–Crippen LogP) is 5.57. The van der Waals surface area contributed by atoms with Crippen molar-refractivity contribution in [1.82, 2.24) is 0 Å². The van der Waals surface area contributed by atoms with Crippen LogP contribution in [0.3, 0.4) is 0 Å². The van der Waals surface area contributed by atoms with Crippen LogP contribution in [0.25, 0.3) is 0 Å². The van der Waals surface area contributed by atoms with Gasteiger partial charge in [-0.05, 0) is 55.9 Å². The topological polar surface area (TPSA) is 47.6 Å². The van der Waals surface area contributed by atoms with Crippen LogP contribution in [-0.4, -0.2) is 5.71 Å². The highest BCUT2D eigenvalue weighted by atomic mass is 16.6. The first-order valence-corrected chi connectivity index (χ1v) is 9.25. The molecular formula is C22H28N2O. The number of nitrogen functional groups attached to an aromatic ring is 1. The number of aryl methyl sites for hydroxylation is 1. The number of oxime groups is 1. The van der Waals surface area contributed by atoms with E-state index in [0.717, 1.165) is 17.0 Å². The molecule has 1 aliphatic carbocycles. The van der Waals surface area contributed by atoms with Crippen LogP contribution in [0.5, 0.6) is 0 Å². The van der Waals surface area contributed by atoms with Crippen molar-refractivity contribution in [2.75, 3.05) is 5.73 Å². The Hall–Kier alpha value is -2.29. The second kappa shape index (κ2) is 8.19. The van der Waals surface area contributed by atoms with E-state index in [0.29, 0.717) is 12.5 Å². The van der Waals surface area contributed by atoms with Crippen LogP contribution in [0, 0.1) is 6.92 Å². The van der Waals surface area contributed by atoms with Crippen molar-refractivity contribution in [2.24, 2.45) is 5.16 Å². The van der Waals surface area contributed by atoms with Crippen molar-refractivity contribution in [3.63, 3.8) is 0 Å². The van der Waals surface area contributed by atoms with Gasteiger partial charge in [0.05, 0.1) is 5.71 Å². The molecule has 3 nitrogen and oxygen atoms in total. The van der Waals surface area contributed by atoms with Gasteiger partial charge in [-0.25, -0.2) is 0 Å². The number of benzene rings is 2. The quantitative estimate of drug-likeness (QED) is 0.441. The number of anilines is 1. The molecule has 25 heavy (non-hydrogen) atoms. The van der Waals surface area contributed by atoms with Crippen molar-refractivity contribution in [3.8, 4) is 0 Å². The van der Waals surface area contributed by atoms with Gasteiger partial charge in [0.1, 0.15) is 6.61 Å². The van der Waals surface area contributed by atoms with Crippen molar-refractivity contribution < 1.29 is 4.84 Å². The minimum Gasteiger partial charge on any atom is -0.399 e. The van der Waals surface area contributed by atoms with E-state index < -0.39 is 0 Å². The highest BCUT2D eigenvalue weighted by Gasteiger charge is 2.19. The van der Waals surface area contributed by atoms with Crippen LogP contribution in [0.1, 0.15) is 67.2 Å². The molecule has 0 atom stereocenters. The first-order chi connectivity index (χ1) is 12.1. The summed E-state index contributed by atoms with van der Waals surface area (Å²) in [5, 5.41) is 4.38. The maximum atomic E-state index is 5.71. The van der Waals surface area contributed by atoms with Crippen molar-refractivity contribution in [1.29, 1.82) is 0 Å². The lowest BCUT2D eigenvalue weighted by molar-refractivity contribution is 0.130. The molecule has 3 rings (SSSR count). The van der Waals surface area contributed by atoms with Crippen LogP contribution in [-0.2, 0) is 11.4 Å². The Bertz CT molecular complexity index is 728. The van der Waals surface area contributed by atoms with Crippen molar-refractivity contribution >= 4 is 11.4 Å². The first-order valence-electron chi connectivity index (χ1n) is 9.25. The molecule has 2 aromatic rings. The number of rotatable bonds is 5. The fourth-order valence-corrected chi connectivity index (χ4v) is 3.63. The molecule has 2 N–H and O–H groups in total. The zero-order valence-electron chi connectivity index (χ0n) is 15.3. The highest BCUT2D eigenvalue weighted by Crippen LogP contribution is 2.35. The predicted molar refractivity (Wildman–Crippen MR) is 105 cm³/mol. The smallest absolute Gasteiger partial charge is 0.142 e. The molecule has 3 heteroatoms. The van der Waals surface area contributed by atoms with Gasteiger partial charge in [-0.15, -0.1) is 0 Å². The molecule has 1 aliphatic rings. The molecule has 0 unspecified atom stereocenters. The summed E-state index contributed by atoms with van der Waals surface area (Å²) >= 11 is 0. The molecule has 0 spiro atoms. The Kier molecular flexibility index (Phi) is 5.75. The normalized spacial score (nSPS) is 16.0. The molecule has 0 amide bonds. The Morgan fingerprint density at radius 2 is 1.80 bits per heavy atom. The Labute approximate surface area is 150 Å². The molecular weight excluding hydrogens is 308 g/mol. The number of hydrogen-bond acceptors (Lipinski definition) is 3. The fourth-order valence-electron chi connectivity index (χ4n) is 3.63. The molecule has 2 aromatic carbocycles. The second-order valence-corrected chi connectivity index (χ2v) is 7.12. The van der Waals surface area contributed by atoms with E-state index in [1.807, 2.05) is 31.2 Å². The number of hydrogen-bond donors (Lipinski definition) is 1. The standard InChI is InChI=1S/C22H28N2O/c1-16-8-13-21(22(14-16)19-6-4-3-5-7-19)17(2)24-25-15-18-9-11-20(23)12-10-18/h8-14,19H,3-7,15,23H2,1-2H3/b24-17+. The van der Waals surface area contributed by atoms with Gasteiger partial charge in [-0.3, -0.25) is 0 Å². The second-order valence-electron chi connectivity index (χ2n) is 7.12. The SMILES string of the molecule is C/C(=N\OCc1ccc(N)cc1)c1ccc(C)cc1C1CCCCC1. The van der Waals surface area contributed by atoms with Gasteiger partial charge in [0.15, 0.2) is 0 Å². The van der Waals surface area contributed by atoms with Crippen LogP contribution in [0.15, 0.2) is 47.6 Å². The number of nitrogens with zero attached hydrogens (tertiary/aromatic N) is 1. The van der Waals surface area contributed by atoms with E-state index in [9.17, 15) is 0 Å². The third kappa shape index (κ3) is 4.62. The number of nitrogens with two attached hydrogens (primary N) is 1. The lowest BCUT2D eigenvalue weighted by atomic mass is 9.81. The monoisotopic (exact) mass is 336 g/mol. The molecule has 0 aromatic heterocycles. The molecule has 132 valence electrons. The molecule has 0 heterocycles. The van der Waals surface area contributed by atoms with Crippen LogP contribution < -0.4 is 5.73 Å².